The van der Waals surface area contributed by atoms with Crippen molar-refractivity contribution in [3.63, 3.8) is 0 Å². The fourth-order valence-electron chi connectivity index (χ4n) is 3.38. The van der Waals surface area contributed by atoms with Crippen LogP contribution in [-0.4, -0.2) is 20.9 Å². The molecule has 1 saturated carbocycles. The zero-order valence-electron chi connectivity index (χ0n) is 16.1. The molecule has 3 aromatic carbocycles. The summed E-state index contributed by atoms with van der Waals surface area (Å²) in [5, 5.41) is 2.99. The van der Waals surface area contributed by atoms with Gasteiger partial charge in [-0.3, -0.25) is 9.52 Å². The molecule has 3 aromatic rings. The maximum Gasteiger partial charge on any atom is 0.261 e. The molecule has 5 nitrogen and oxygen atoms in total. The van der Waals surface area contributed by atoms with Crippen LogP contribution in [0.15, 0.2) is 83.8 Å². The van der Waals surface area contributed by atoms with Gasteiger partial charge in [-0.2, -0.15) is 0 Å². The van der Waals surface area contributed by atoms with Gasteiger partial charge < -0.3 is 5.32 Å². The Hall–Kier alpha value is -3.19. The van der Waals surface area contributed by atoms with Crippen molar-refractivity contribution >= 4 is 21.6 Å². The van der Waals surface area contributed by atoms with Gasteiger partial charge in [0.2, 0.25) is 0 Å². The topological polar surface area (TPSA) is 75.3 Å². The molecule has 0 spiro atoms. The minimum Gasteiger partial charge on any atom is -0.351 e. The predicted molar refractivity (Wildman–Crippen MR) is 113 cm³/mol. The summed E-state index contributed by atoms with van der Waals surface area (Å²) in [5.74, 6) is -0.713. The molecule has 0 saturated heterocycles. The monoisotopic (exact) mass is 424 g/mol. The third-order valence-corrected chi connectivity index (χ3v) is 6.75. The third-order valence-electron chi connectivity index (χ3n) is 5.35. The highest BCUT2D eigenvalue weighted by Gasteiger charge is 2.44. The second kappa shape index (κ2) is 7.91. The number of sulfonamides is 1. The molecule has 0 heterocycles. The van der Waals surface area contributed by atoms with Gasteiger partial charge in [0.05, 0.1) is 4.90 Å². The number of rotatable bonds is 7. The normalized spacial score (nSPS) is 14.7. The molecular weight excluding hydrogens is 403 g/mol. The van der Waals surface area contributed by atoms with Crippen molar-refractivity contribution in [2.45, 2.75) is 23.2 Å². The number of benzene rings is 3. The number of carbonyl (C=O) groups excluding carboxylic acids is 1. The van der Waals surface area contributed by atoms with E-state index in [1.165, 1.54) is 29.8 Å². The van der Waals surface area contributed by atoms with Crippen molar-refractivity contribution in [1.82, 2.24) is 5.32 Å². The van der Waals surface area contributed by atoms with Gasteiger partial charge in [-0.25, -0.2) is 12.8 Å². The number of hydrogen-bond donors (Lipinski definition) is 2. The highest BCUT2D eigenvalue weighted by molar-refractivity contribution is 7.92. The van der Waals surface area contributed by atoms with Gasteiger partial charge in [-0.15, -0.1) is 0 Å². The smallest absolute Gasteiger partial charge is 0.261 e. The zero-order valence-corrected chi connectivity index (χ0v) is 17.0. The van der Waals surface area contributed by atoms with Crippen LogP contribution in [0.5, 0.6) is 0 Å². The summed E-state index contributed by atoms with van der Waals surface area (Å²) in [5.41, 5.74) is 2.01. The van der Waals surface area contributed by atoms with Crippen LogP contribution < -0.4 is 10.0 Å². The molecule has 154 valence electrons. The van der Waals surface area contributed by atoms with Crippen LogP contribution in [0.1, 0.15) is 28.8 Å². The molecule has 0 bridgehead atoms. The second-order valence-corrected chi connectivity index (χ2v) is 9.15. The molecule has 0 aromatic heterocycles. The van der Waals surface area contributed by atoms with E-state index in [4.69, 9.17) is 0 Å². The Balaban J connectivity index is 1.38. The Morgan fingerprint density at radius 2 is 1.53 bits per heavy atom. The highest BCUT2D eigenvalue weighted by atomic mass is 32.2. The number of hydrogen-bond acceptors (Lipinski definition) is 3. The van der Waals surface area contributed by atoms with Crippen molar-refractivity contribution in [2.75, 3.05) is 11.3 Å². The largest absolute Gasteiger partial charge is 0.351 e. The molecule has 0 atom stereocenters. The Morgan fingerprint density at radius 3 is 2.13 bits per heavy atom. The number of halogens is 1. The second-order valence-electron chi connectivity index (χ2n) is 7.47. The average Bonchev–Trinajstić information content (AvgIpc) is 3.54. The Bertz CT molecular complexity index is 1140. The maximum atomic E-state index is 13.0. The minimum atomic E-state index is -3.83. The van der Waals surface area contributed by atoms with Crippen molar-refractivity contribution in [1.29, 1.82) is 0 Å². The SMILES string of the molecule is O=C(NCC1(c2ccccc2)CC1)c1ccc(NS(=O)(=O)c2ccc(F)cc2)cc1. The Labute approximate surface area is 175 Å². The van der Waals surface area contributed by atoms with Crippen molar-refractivity contribution in [2.24, 2.45) is 0 Å². The molecule has 4 rings (SSSR count). The molecule has 1 amide bonds. The van der Waals surface area contributed by atoms with Gasteiger partial charge in [0, 0.05) is 23.2 Å². The molecular formula is C23H21FN2O3S. The van der Waals surface area contributed by atoms with E-state index >= 15 is 0 Å². The molecule has 1 aliphatic carbocycles. The number of nitrogens with one attached hydrogen (secondary N) is 2. The predicted octanol–water partition coefficient (Wildman–Crippen LogP) is 4.09. The summed E-state index contributed by atoms with van der Waals surface area (Å²) in [6.07, 6.45) is 2.09. The zero-order chi connectivity index (χ0) is 21.2. The summed E-state index contributed by atoms with van der Waals surface area (Å²) in [7, 11) is -3.83. The standard InChI is InChI=1S/C23H21FN2O3S/c24-19-8-12-21(13-9-19)30(28,29)26-20-10-6-17(7-11-20)22(27)25-16-23(14-15-23)18-4-2-1-3-5-18/h1-13,26H,14-16H2,(H,25,27). The summed E-state index contributed by atoms with van der Waals surface area (Å²) in [6, 6.07) is 20.9. The van der Waals surface area contributed by atoms with Crippen LogP contribution in [0.3, 0.4) is 0 Å². The quantitative estimate of drug-likeness (QED) is 0.600. The third kappa shape index (κ3) is 4.36. The van der Waals surface area contributed by atoms with E-state index in [1.54, 1.807) is 12.1 Å². The van der Waals surface area contributed by atoms with E-state index in [0.29, 0.717) is 17.8 Å². The summed E-state index contributed by atoms with van der Waals surface area (Å²) < 4.78 is 40.2. The van der Waals surface area contributed by atoms with E-state index in [9.17, 15) is 17.6 Å². The van der Waals surface area contributed by atoms with Crippen LogP contribution in [0.2, 0.25) is 0 Å². The van der Waals surface area contributed by atoms with Gasteiger partial charge in [0.1, 0.15) is 5.82 Å². The summed E-state index contributed by atoms with van der Waals surface area (Å²) >= 11 is 0. The maximum absolute atomic E-state index is 13.0. The molecule has 1 aliphatic rings. The first-order chi connectivity index (χ1) is 14.4. The fraction of sp³-hybridized carbons (Fsp3) is 0.174. The molecule has 1 fully saturated rings. The van der Waals surface area contributed by atoms with Crippen molar-refractivity contribution in [3.8, 4) is 0 Å². The first kappa shape index (κ1) is 20.1. The average molecular weight is 424 g/mol. The highest BCUT2D eigenvalue weighted by Crippen LogP contribution is 2.47. The van der Waals surface area contributed by atoms with Gasteiger partial charge in [-0.1, -0.05) is 30.3 Å². The van der Waals surface area contributed by atoms with E-state index < -0.39 is 15.8 Å². The molecule has 7 heteroatoms. The Morgan fingerprint density at radius 1 is 0.900 bits per heavy atom. The van der Waals surface area contributed by atoms with Gasteiger partial charge in [0.25, 0.3) is 15.9 Å². The van der Waals surface area contributed by atoms with Crippen LogP contribution >= 0.6 is 0 Å². The number of anilines is 1. The van der Waals surface area contributed by atoms with Crippen LogP contribution in [0, 0.1) is 5.82 Å². The van der Waals surface area contributed by atoms with E-state index in [0.717, 1.165) is 25.0 Å². The summed E-state index contributed by atoms with van der Waals surface area (Å²) in [6.45, 7) is 0.564. The van der Waals surface area contributed by atoms with Gasteiger partial charge in [-0.05, 0) is 66.9 Å². The van der Waals surface area contributed by atoms with Crippen molar-refractivity contribution < 1.29 is 17.6 Å². The Kier molecular flexibility index (Phi) is 5.30. The van der Waals surface area contributed by atoms with Gasteiger partial charge >= 0.3 is 0 Å². The molecule has 0 radical (unpaired) electrons. The van der Waals surface area contributed by atoms with E-state index in [1.807, 2.05) is 18.2 Å². The number of amides is 1. The van der Waals surface area contributed by atoms with Crippen molar-refractivity contribution in [3.05, 3.63) is 95.8 Å². The molecule has 30 heavy (non-hydrogen) atoms. The summed E-state index contributed by atoms with van der Waals surface area (Å²) in [4.78, 5) is 12.5. The van der Waals surface area contributed by atoms with E-state index in [2.05, 4.69) is 22.2 Å². The van der Waals surface area contributed by atoms with Crippen LogP contribution in [0.4, 0.5) is 10.1 Å². The lowest BCUT2D eigenvalue weighted by Gasteiger charge is -2.16. The van der Waals surface area contributed by atoms with Crippen LogP contribution in [-0.2, 0) is 15.4 Å². The van der Waals surface area contributed by atoms with E-state index in [-0.39, 0.29) is 16.2 Å². The lowest BCUT2D eigenvalue weighted by Crippen LogP contribution is -2.32. The first-order valence-electron chi connectivity index (χ1n) is 9.60. The molecule has 0 aliphatic heterocycles. The number of carbonyl (C=O) groups is 1. The minimum absolute atomic E-state index is 0.0155. The lowest BCUT2D eigenvalue weighted by molar-refractivity contribution is 0.0949. The van der Waals surface area contributed by atoms with Gasteiger partial charge in [0.15, 0.2) is 0 Å². The fourth-order valence-corrected chi connectivity index (χ4v) is 4.44. The molecule has 2 N–H and O–H groups in total. The molecule has 0 unspecified atom stereocenters. The first-order valence-corrected chi connectivity index (χ1v) is 11.1. The van der Waals surface area contributed by atoms with Crippen LogP contribution in [0.25, 0.3) is 0 Å². The lowest BCUT2D eigenvalue weighted by atomic mass is 9.96.